The van der Waals surface area contributed by atoms with Gasteiger partial charge in [0.05, 0.1) is 18.6 Å². The summed E-state index contributed by atoms with van der Waals surface area (Å²) in [6.07, 6.45) is 6.94. The van der Waals surface area contributed by atoms with Crippen molar-refractivity contribution in [2.75, 3.05) is 7.11 Å². The number of methoxy groups -OCH3 is 1. The molecule has 0 aromatic heterocycles. The van der Waals surface area contributed by atoms with E-state index in [1.165, 1.54) is 13.2 Å². The largest absolute Gasteiger partial charge is 0.466 e. The third-order valence-corrected chi connectivity index (χ3v) is 4.89. The number of allylic oxidation sites excluding steroid dienone is 1. The van der Waals surface area contributed by atoms with E-state index < -0.39 is 70.7 Å². The second kappa shape index (κ2) is 8.05. The maximum Gasteiger partial charge on any atom is 0.330 e. The highest BCUT2D eigenvalue weighted by molar-refractivity contribution is 5.83. The molecule has 0 amide bonds. The van der Waals surface area contributed by atoms with Gasteiger partial charge >= 0.3 is 11.9 Å². The number of rotatable bonds is 6. The van der Waals surface area contributed by atoms with Crippen molar-refractivity contribution in [3.05, 3.63) is 46.5 Å². The van der Waals surface area contributed by atoms with E-state index in [1.54, 1.807) is 13.8 Å². The molecule has 0 N–H and O–H groups in total. The molecule has 0 bridgehead atoms. The van der Waals surface area contributed by atoms with Gasteiger partial charge in [-0.05, 0) is 11.3 Å². The highest BCUT2D eigenvalue weighted by Gasteiger charge is 2.61. The highest BCUT2D eigenvalue weighted by Crippen LogP contribution is 2.59. The molecule has 1 aliphatic carbocycles. The van der Waals surface area contributed by atoms with Crippen LogP contribution in [0.4, 0.5) is 17.6 Å². The van der Waals surface area contributed by atoms with Gasteiger partial charge in [-0.3, -0.25) is 4.79 Å². The number of carbonyl (C=O) groups is 2. The molecule has 0 spiro atoms. The van der Waals surface area contributed by atoms with Crippen molar-refractivity contribution in [3.63, 3.8) is 0 Å². The molecular weight excluding hydrogens is 380 g/mol. The van der Waals surface area contributed by atoms with Crippen LogP contribution in [0.2, 0.25) is 0 Å². The van der Waals surface area contributed by atoms with E-state index in [1.807, 2.05) is 5.92 Å². The zero-order chi connectivity index (χ0) is 21.2. The molecule has 0 aliphatic heterocycles. The highest BCUT2D eigenvalue weighted by atomic mass is 19.2. The smallest absolute Gasteiger partial charge is 0.330 e. The minimum absolute atomic E-state index is 0.361. The number of halogens is 4. The zero-order valence-corrected chi connectivity index (χ0v) is 15.4. The van der Waals surface area contributed by atoms with E-state index in [-0.39, 0.29) is 5.92 Å². The number of hydrogen-bond donors (Lipinski definition) is 0. The molecule has 1 aliphatic rings. The molecule has 2 rings (SSSR count). The lowest BCUT2D eigenvalue weighted by molar-refractivity contribution is -0.147. The quantitative estimate of drug-likeness (QED) is 0.242. The summed E-state index contributed by atoms with van der Waals surface area (Å²) in [5, 5.41) is 0. The fraction of sp³-hybridized carbons (Fsp3) is 0.400. The van der Waals surface area contributed by atoms with Gasteiger partial charge in [-0.2, -0.15) is 0 Å². The molecular formula is C20H18F4O4. The van der Waals surface area contributed by atoms with E-state index >= 15 is 0 Å². The Morgan fingerprint density at radius 1 is 1.11 bits per heavy atom. The molecule has 1 saturated carbocycles. The normalized spacial score (nSPS) is 19.9. The van der Waals surface area contributed by atoms with Crippen LogP contribution in [-0.2, 0) is 32.1 Å². The molecule has 0 heterocycles. The number of benzene rings is 1. The Morgan fingerprint density at radius 3 is 2.14 bits per heavy atom. The molecule has 2 atom stereocenters. The van der Waals surface area contributed by atoms with Crippen LogP contribution in [0.1, 0.15) is 25.0 Å². The standard InChI is InChI=1S/C20H18F4O4/c1-5-6-10-15(21)17(23)11(18(24)16(10)22)9-28-19(26)14-12(20(14,2)3)7-8-13(25)27-4/h1,7-8,12,14H,6,9H2,2-4H3. The lowest BCUT2D eigenvalue weighted by Gasteiger charge is -2.11. The van der Waals surface area contributed by atoms with Crippen molar-refractivity contribution in [1.82, 2.24) is 0 Å². The van der Waals surface area contributed by atoms with E-state index in [2.05, 4.69) is 4.74 Å². The molecule has 0 radical (unpaired) electrons. The minimum Gasteiger partial charge on any atom is -0.466 e. The lowest BCUT2D eigenvalue weighted by Crippen LogP contribution is -2.14. The van der Waals surface area contributed by atoms with E-state index in [4.69, 9.17) is 11.2 Å². The van der Waals surface area contributed by atoms with E-state index in [0.29, 0.717) is 0 Å². The SMILES string of the molecule is C#CCc1c(F)c(F)c(COC(=O)C2C(C=CC(=O)OC)C2(C)C)c(F)c1F. The summed E-state index contributed by atoms with van der Waals surface area (Å²) in [7, 11) is 1.20. The minimum atomic E-state index is -1.66. The summed E-state index contributed by atoms with van der Waals surface area (Å²) in [4.78, 5) is 23.4. The second-order valence-corrected chi connectivity index (χ2v) is 6.91. The maximum atomic E-state index is 14.1. The molecule has 28 heavy (non-hydrogen) atoms. The number of hydrogen-bond acceptors (Lipinski definition) is 4. The molecule has 1 aromatic carbocycles. The molecule has 1 aromatic rings. The van der Waals surface area contributed by atoms with Gasteiger partial charge in [0.15, 0.2) is 23.3 Å². The van der Waals surface area contributed by atoms with Crippen molar-refractivity contribution in [2.45, 2.75) is 26.9 Å². The Bertz CT molecular complexity index is 854. The summed E-state index contributed by atoms with van der Waals surface area (Å²) in [5.74, 6) is -7.09. The van der Waals surface area contributed by atoms with Gasteiger partial charge in [0.1, 0.15) is 6.61 Å². The summed E-state index contributed by atoms with van der Waals surface area (Å²) >= 11 is 0. The van der Waals surface area contributed by atoms with Gasteiger partial charge in [0.25, 0.3) is 0 Å². The number of carbonyl (C=O) groups excluding carboxylic acids is 2. The van der Waals surface area contributed by atoms with Crippen LogP contribution >= 0.6 is 0 Å². The molecule has 8 heteroatoms. The molecule has 1 fully saturated rings. The van der Waals surface area contributed by atoms with Crippen LogP contribution in [0.5, 0.6) is 0 Å². The summed E-state index contributed by atoms with van der Waals surface area (Å²) < 4.78 is 65.3. The molecule has 150 valence electrons. The summed E-state index contributed by atoms with van der Waals surface area (Å²) in [6.45, 7) is 2.49. The average Bonchev–Trinajstić information content (AvgIpc) is 3.21. The molecule has 4 nitrogen and oxygen atoms in total. The topological polar surface area (TPSA) is 52.6 Å². The van der Waals surface area contributed by atoms with Crippen molar-refractivity contribution in [2.24, 2.45) is 17.3 Å². The van der Waals surface area contributed by atoms with Crippen LogP contribution in [0.25, 0.3) is 0 Å². The first-order valence-electron chi connectivity index (χ1n) is 8.27. The Labute approximate surface area is 159 Å². The number of terminal acetylenes is 1. The van der Waals surface area contributed by atoms with Gasteiger partial charge < -0.3 is 9.47 Å². The lowest BCUT2D eigenvalue weighted by atomic mass is 10.1. The first-order valence-corrected chi connectivity index (χ1v) is 8.27. The Balaban J connectivity index is 2.15. The van der Waals surface area contributed by atoms with Crippen LogP contribution in [0.15, 0.2) is 12.2 Å². The van der Waals surface area contributed by atoms with Crippen LogP contribution in [0.3, 0.4) is 0 Å². The molecule has 2 unspecified atom stereocenters. The van der Waals surface area contributed by atoms with Gasteiger partial charge in [-0.25, -0.2) is 22.4 Å². The third kappa shape index (κ3) is 3.88. The van der Waals surface area contributed by atoms with Crippen molar-refractivity contribution in [1.29, 1.82) is 0 Å². The van der Waals surface area contributed by atoms with E-state index in [0.717, 1.165) is 6.08 Å². The van der Waals surface area contributed by atoms with Crippen molar-refractivity contribution < 1.29 is 36.6 Å². The Hall–Kier alpha value is -2.82. The first kappa shape index (κ1) is 21.5. The third-order valence-electron chi connectivity index (χ3n) is 4.89. The predicted octanol–water partition coefficient (Wildman–Crippen LogP) is 3.46. The second-order valence-electron chi connectivity index (χ2n) is 6.91. The monoisotopic (exact) mass is 398 g/mol. The van der Waals surface area contributed by atoms with Crippen molar-refractivity contribution in [3.8, 4) is 12.3 Å². The Kier molecular flexibility index (Phi) is 6.17. The average molecular weight is 398 g/mol. The fourth-order valence-electron chi connectivity index (χ4n) is 3.08. The van der Waals surface area contributed by atoms with Gasteiger partial charge in [0.2, 0.25) is 0 Å². The Morgan fingerprint density at radius 2 is 1.64 bits per heavy atom. The predicted molar refractivity (Wildman–Crippen MR) is 90.5 cm³/mol. The van der Waals surface area contributed by atoms with Gasteiger partial charge in [-0.15, -0.1) is 12.3 Å². The number of esters is 2. The van der Waals surface area contributed by atoms with Crippen LogP contribution in [0, 0.1) is 52.9 Å². The first-order chi connectivity index (χ1) is 13.1. The zero-order valence-electron chi connectivity index (χ0n) is 15.4. The van der Waals surface area contributed by atoms with Crippen LogP contribution < -0.4 is 0 Å². The van der Waals surface area contributed by atoms with Crippen molar-refractivity contribution >= 4 is 11.9 Å². The summed E-state index contributed by atoms with van der Waals surface area (Å²) in [6, 6.07) is 0. The van der Waals surface area contributed by atoms with Gasteiger partial charge in [0, 0.05) is 18.1 Å². The maximum absolute atomic E-state index is 14.1. The van der Waals surface area contributed by atoms with Crippen LogP contribution in [-0.4, -0.2) is 19.0 Å². The molecule has 0 saturated heterocycles. The van der Waals surface area contributed by atoms with Gasteiger partial charge in [-0.1, -0.05) is 19.9 Å². The number of ether oxygens (including phenoxy) is 2. The van der Waals surface area contributed by atoms with E-state index in [9.17, 15) is 27.2 Å². The fourth-order valence-corrected chi connectivity index (χ4v) is 3.08. The summed E-state index contributed by atoms with van der Waals surface area (Å²) in [5.41, 5.74) is -2.50.